The molecule has 0 N–H and O–H groups in total. The molecular weight excluding hydrogens is 320 g/mol. The molecule has 26 heavy (non-hydrogen) atoms. The summed E-state index contributed by atoms with van der Waals surface area (Å²) in [4.78, 5) is 6.64. The predicted molar refractivity (Wildman–Crippen MR) is 107 cm³/mol. The van der Waals surface area contributed by atoms with Gasteiger partial charge in [0, 0.05) is 30.9 Å². The molecule has 0 aliphatic carbocycles. The van der Waals surface area contributed by atoms with E-state index >= 15 is 0 Å². The van der Waals surface area contributed by atoms with Crippen LogP contribution in [0.3, 0.4) is 0 Å². The summed E-state index contributed by atoms with van der Waals surface area (Å²) in [6, 6.07) is 26.7. The van der Waals surface area contributed by atoms with Crippen molar-refractivity contribution in [2.45, 2.75) is 0 Å². The second-order valence-corrected chi connectivity index (χ2v) is 6.35. The second-order valence-electron chi connectivity index (χ2n) is 6.35. The van der Waals surface area contributed by atoms with Gasteiger partial charge < -0.3 is 9.32 Å². The maximum absolute atomic E-state index is 6.17. The molecule has 0 spiro atoms. The molecule has 1 heterocycles. The van der Waals surface area contributed by atoms with Gasteiger partial charge in [-0.1, -0.05) is 60.7 Å². The van der Waals surface area contributed by atoms with Gasteiger partial charge in [0.25, 0.3) is 0 Å². The van der Waals surface area contributed by atoms with Gasteiger partial charge in [0.15, 0.2) is 5.76 Å². The number of hydrogen-bond donors (Lipinski definition) is 0. The molecule has 0 radical (unpaired) electrons. The zero-order valence-corrected chi connectivity index (χ0v) is 14.9. The topological polar surface area (TPSA) is 29.3 Å². The van der Waals surface area contributed by atoms with Crippen molar-refractivity contribution in [3.63, 3.8) is 0 Å². The largest absolute Gasteiger partial charge is 0.436 e. The summed E-state index contributed by atoms with van der Waals surface area (Å²) in [5.74, 6) is 1.40. The molecule has 0 atom stereocenters. The highest BCUT2D eigenvalue weighted by molar-refractivity contribution is 5.81. The van der Waals surface area contributed by atoms with Crippen LogP contribution in [0.4, 0.5) is 5.69 Å². The number of nitrogens with zero attached hydrogens (tertiary/aromatic N) is 2. The van der Waals surface area contributed by atoms with E-state index < -0.39 is 0 Å². The van der Waals surface area contributed by atoms with Crippen LogP contribution in [-0.4, -0.2) is 19.1 Å². The molecule has 3 aromatic carbocycles. The summed E-state index contributed by atoms with van der Waals surface area (Å²) in [5.41, 5.74) is 5.39. The van der Waals surface area contributed by atoms with E-state index in [-0.39, 0.29) is 0 Å². The van der Waals surface area contributed by atoms with Crippen LogP contribution in [0.1, 0.15) is 0 Å². The van der Waals surface area contributed by atoms with Crippen LogP contribution in [0.15, 0.2) is 89.5 Å². The van der Waals surface area contributed by atoms with Crippen LogP contribution in [0, 0.1) is 0 Å². The maximum Gasteiger partial charge on any atom is 0.227 e. The van der Waals surface area contributed by atoms with Crippen molar-refractivity contribution < 1.29 is 4.42 Å². The van der Waals surface area contributed by atoms with Crippen LogP contribution < -0.4 is 4.90 Å². The van der Waals surface area contributed by atoms with Gasteiger partial charge in [-0.15, -0.1) is 0 Å². The van der Waals surface area contributed by atoms with Crippen molar-refractivity contribution in [1.82, 2.24) is 4.98 Å². The third-order valence-electron chi connectivity index (χ3n) is 4.40. The number of benzene rings is 3. The molecule has 1 aromatic heterocycles. The van der Waals surface area contributed by atoms with Gasteiger partial charge in [-0.05, 0) is 29.3 Å². The highest BCUT2D eigenvalue weighted by Crippen LogP contribution is 2.35. The molecule has 0 saturated carbocycles. The summed E-state index contributed by atoms with van der Waals surface area (Å²) >= 11 is 0. The van der Waals surface area contributed by atoms with Crippen molar-refractivity contribution >= 4 is 5.69 Å². The lowest BCUT2D eigenvalue weighted by Gasteiger charge is -2.15. The Balaban J connectivity index is 1.79. The number of hydrogen-bond acceptors (Lipinski definition) is 3. The molecule has 0 aliphatic heterocycles. The minimum Gasteiger partial charge on any atom is -0.436 e. The molecule has 128 valence electrons. The Hall–Kier alpha value is -3.33. The number of para-hydroxylation sites is 1. The molecule has 0 fully saturated rings. The van der Waals surface area contributed by atoms with Gasteiger partial charge in [0.05, 0.1) is 6.20 Å². The van der Waals surface area contributed by atoms with Gasteiger partial charge in [-0.3, -0.25) is 0 Å². The average Bonchev–Trinajstić information content (AvgIpc) is 3.18. The van der Waals surface area contributed by atoms with Crippen LogP contribution in [-0.2, 0) is 0 Å². The molecular formula is C23H20N2O. The van der Waals surface area contributed by atoms with Crippen molar-refractivity contribution in [2.75, 3.05) is 19.0 Å². The van der Waals surface area contributed by atoms with Crippen molar-refractivity contribution in [1.29, 1.82) is 0 Å². The van der Waals surface area contributed by atoms with Crippen molar-refractivity contribution in [3.05, 3.63) is 85.1 Å². The SMILES string of the molecule is CN(C)c1ccccc1-c1cnc(-c2ccccc2-c2ccccc2)o1. The molecule has 0 unspecified atom stereocenters. The first-order chi connectivity index (χ1) is 12.7. The third kappa shape index (κ3) is 3.00. The fourth-order valence-corrected chi connectivity index (χ4v) is 3.13. The summed E-state index contributed by atoms with van der Waals surface area (Å²) in [6.45, 7) is 0. The van der Waals surface area contributed by atoms with E-state index in [1.54, 1.807) is 6.20 Å². The lowest BCUT2D eigenvalue weighted by molar-refractivity contribution is 0.589. The monoisotopic (exact) mass is 340 g/mol. The minimum atomic E-state index is 0.632. The van der Waals surface area contributed by atoms with Crippen LogP contribution in [0.25, 0.3) is 33.9 Å². The van der Waals surface area contributed by atoms with Gasteiger partial charge in [0.1, 0.15) is 0 Å². The van der Waals surface area contributed by atoms with Gasteiger partial charge in [-0.25, -0.2) is 4.98 Å². The Labute approximate surface area is 153 Å². The minimum absolute atomic E-state index is 0.632. The van der Waals surface area contributed by atoms with Gasteiger partial charge in [0.2, 0.25) is 5.89 Å². The van der Waals surface area contributed by atoms with Gasteiger partial charge in [-0.2, -0.15) is 0 Å². The van der Waals surface area contributed by atoms with Crippen LogP contribution >= 0.6 is 0 Å². The molecule has 0 aliphatic rings. The summed E-state index contributed by atoms with van der Waals surface area (Å²) in [5, 5.41) is 0. The summed E-state index contributed by atoms with van der Waals surface area (Å²) in [6.07, 6.45) is 1.80. The van der Waals surface area contributed by atoms with E-state index in [2.05, 4.69) is 46.3 Å². The standard InChI is InChI=1S/C23H20N2O/c1-25(2)21-15-9-8-14-20(21)22-16-24-23(26-22)19-13-7-6-12-18(19)17-10-4-3-5-11-17/h3-16H,1-2H3. The van der Waals surface area contributed by atoms with E-state index in [4.69, 9.17) is 4.42 Å². The number of aromatic nitrogens is 1. The van der Waals surface area contributed by atoms with Crippen molar-refractivity contribution in [3.8, 4) is 33.9 Å². The Morgan fingerprint density at radius 3 is 2.04 bits per heavy atom. The van der Waals surface area contributed by atoms with E-state index in [0.29, 0.717) is 5.89 Å². The lowest BCUT2D eigenvalue weighted by Crippen LogP contribution is -2.09. The van der Waals surface area contributed by atoms with Gasteiger partial charge >= 0.3 is 0 Å². The van der Waals surface area contributed by atoms with E-state index in [9.17, 15) is 0 Å². The van der Waals surface area contributed by atoms with E-state index in [0.717, 1.165) is 33.7 Å². The number of oxazole rings is 1. The Morgan fingerprint density at radius 2 is 1.31 bits per heavy atom. The lowest BCUT2D eigenvalue weighted by atomic mass is 10.00. The Morgan fingerprint density at radius 1 is 0.692 bits per heavy atom. The molecule has 0 saturated heterocycles. The van der Waals surface area contributed by atoms with Crippen molar-refractivity contribution in [2.24, 2.45) is 0 Å². The quantitative estimate of drug-likeness (QED) is 0.474. The number of rotatable bonds is 4. The highest BCUT2D eigenvalue weighted by Gasteiger charge is 2.15. The Bertz CT molecular complexity index is 1020. The van der Waals surface area contributed by atoms with Crippen LogP contribution in [0.5, 0.6) is 0 Å². The molecule has 4 rings (SSSR count). The zero-order chi connectivity index (χ0) is 17.9. The highest BCUT2D eigenvalue weighted by atomic mass is 16.4. The van der Waals surface area contributed by atoms with E-state index in [1.165, 1.54) is 0 Å². The zero-order valence-electron chi connectivity index (χ0n) is 14.9. The first-order valence-electron chi connectivity index (χ1n) is 8.61. The fourth-order valence-electron chi connectivity index (χ4n) is 3.13. The summed E-state index contributed by atoms with van der Waals surface area (Å²) in [7, 11) is 4.06. The third-order valence-corrected chi connectivity index (χ3v) is 4.40. The van der Waals surface area contributed by atoms with E-state index in [1.807, 2.05) is 56.6 Å². The number of anilines is 1. The van der Waals surface area contributed by atoms with Crippen LogP contribution in [0.2, 0.25) is 0 Å². The molecule has 3 nitrogen and oxygen atoms in total. The normalized spacial score (nSPS) is 10.7. The molecule has 0 amide bonds. The molecule has 4 aromatic rings. The predicted octanol–water partition coefficient (Wildman–Crippen LogP) is 5.74. The average molecular weight is 340 g/mol. The second kappa shape index (κ2) is 6.89. The molecule has 0 bridgehead atoms. The first kappa shape index (κ1) is 16.2. The fraction of sp³-hybridized carbons (Fsp3) is 0.0870. The Kier molecular flexibility index (Phi) is 4.28. The smallest absolute Gasteiger partial charge is 0.227 e. The first-order valence-corrected chi connectivity index (χ1v) is 8.61. The molecule has 3 heteroatoms. The summed E-state index contributed by atoms with van der Waals surface area (Å²) < 4.78 is 6.17. The maximum atomic E-state index is 6.17.